The highest BCUT2D eigenvalue weighted by atomic mass is 16.1. The van der Waals surface area contributed by atoms with Crippen LogP contribution in [0.1, 0.15) is 64.7 Å². The van der Waals surface area contributed by atoms with Gasteiger partial charge in [0.25, 0.3) is 0 Å². The number of carbonyl (C=O) groups is 1. The number of rotatable bonds is 8. The van der Waals surface area contributed by atoms with Gasteiger partial charge in [-0.05, 0) is 62.3 Å². The summed E-state index contributed by atoms with van der Waals surface area (Å²) in [6, 6.07) is 0. The van der Waals surface area contributed by atoms with Gasteiger partial charge in [0.1, 0.15) is 5.78 Å². The van der Waals surface area contributed by atoms with Crippen molar-refractivity contribution in [1.82, 2.24) is 0 Å². The van der Waals surface area contributed by atoms with E-state index in [2.05, 4.69) is 6.92 Å². The van der Waals surface area contributed by atoms with Crippen molar-refractivity contribution in [2.24, 2.45) is 29.4 Å². The van der Waals surface area contributed by atoms with Crippen LogP contribution < -0.4 is 5.73 Å². The zero-order valence-electron chi connectivity index (χ0n) is 11.9. The molecule has 2 heteroatoms. The molecule has 2 fully saturated rings. The van der Waals surface area contributed by atoms with Crippen LogP contribution in [0.25, 0.3) is 0 Å². The van der Waals surface area contributed by atoms with E-state index in [-0.39, 0.29) is 0 Å². The summed E-state index contributed by atoms with van der Waals surface area (Å²) in [6.07, 6.45) is 10.6. The van der Waals surface area contributed by atoms with E-state index in [0.717, 1.165) is 50.0 Å². The molecule has 2 nitrogen and oxygen atoms in total. The topological polar surface area (TPSA) is 43.1 Å². The van der Waals surface area contributed by atoms with Crippen molar-refractivity contribution >= 4 is 5.78 Å². The molecule has 0 aromatic rings. The van der Waals surface area contributed by atoms with E-state index in [9.17, 15) is 4.79 Å². The van der Waals surface area contributed by atoms with Gasteiger partial charge >= 0.3 is 0 Å². The van der Waals surface area contributed by atoms with Crippen molar-refractivity contribution < 1.29 is 4.79 Å². The van der Waals surface area contributed by atoms with Gasteiger partial charge < -0.3 is 5.73 Å². The lowest BCUT2D eigenvalue weighted by Crippen LogP contribution is -2.16. The smallest absolute Gasteiger partial charge is 0.133 e. The van der Waals surface area contributed by atoms with Crippen LogP contribution in [0.4, 0.5) is 0 Å². The third-order valence-corrected chi connectivity index (χ3v) is 5.36. The molecule has 2 N–H and O–H groups in total. The summed E-state index contributed by atoms with van der Waals surface area (Å²) in [5.74, 6) is 3.78. The van der Waals surface area contributed by atoms with E-state index in [1.54, 1.807) is 0 Å². The predicted molar refractivity (Wildman–Crippen MR) is 75.2 cm³/mol. The number of ketones is 1. The van der Waals surface area contributed by atoms with Gasteiger partial charge in [-0.25, -0.2) is 0 Å². The Hall–Kier alpha value is -0.370. The molecule has 0 aromatic heterocycles. The third kappa shape index (κ3) is 3.57. The highest BCUT2D eigenvalue weighted by Crippen LogP contribution is 2.49. The number of nitrogens with two attached hydrogens (primary N) is 1. The van der Waals surface area contributed by atoms with Gasteiger partial charge in [0, 0.05) is 12.8 Å². The number of Topliss-reactive ketones (excluding diaryl/α,β-unsaturated/α-hetero) is 1. The maximum Gasteiger partial charge on any atom is 0.133 e. The first-order valence-corrected chi connectivity index (χ1v) is 7.94. The van der Waals surface area contributed by atoms with Crippen LogP contribution in [0.2, 0.25) is 0 Å². The van der Waals surface area contributed by atoms with Crippen molar-refractivity contribution in [2.45, 2.75) is 64.7 Å². The van der Waals surface area contributed by atoms with Crippen LogP contribution in [-0.4, -0.2) is 12.3 Å². The molecule has 2 aliphatic rings. The predicted octanol–water partition coefficient (Wildman–Crippen LogP) is 3.54. The van der Waals surface area contributed by atoms with Crippen molar-refractivity contribution in [2.75, 3.05) is 6.54 Å². The fraction of sp³-hybridized carbons (Fsp3) is 0.938. The van der Waals surface area contributed by atoms with Crippen molar-refractivity contribution in [3.05, 3.63) is 0 Å². The lowest BCUT2D eigenvalue weighted by atomic mass is 9.84. The summed E-state index contributed by atoms with van der Waals surface area (Å²) in [4.78, 5) is 12.1. The van der Waals surface area contributed by atoms with Crippen molar-refractivity contribution in [1.29, 1.82) is 0 Å². The molecule has 0 heterocycles. The van der Waals surface area contributed by atoms with Gasteiger partial charge in [-0.2, -0.15) is 0 Å². The Bertz CT molecular complexity index is 276. The number of carbonyl (C=O) groups excluding carboxylic acids is 1. The Kier molecular flexibility index (Phi) is 5.23. The molecule has 0 saturated heterocycles. The summed E-state index contributed by atoms with van der Waals surface area (Å²) in [6.45, 7) is 2.97. The lowest BCUT2D eigenvalue weighted by molar-refractivity contribution is -0.120. The standard InChI is InChI=1S/C16H29NO/c1-2-12(7-8-17)4-6-16(18)11-15-10-13-3-5-14(15)9-13/h12-15H,2-11,17H2,1H3. The first-order chi connectivity index (χ1) is 8.72. The molecule has 18 heavy (non-hydrogen) atoms. The molecule has 2 rings (SSSR count). The monoisotopic (exact) mass is 251 g/mol. The Morgan fingerprint density at radius 2 is 2.11 bits per heavy atom. The minimum atomic E-state index is 0.517. The highest BCUT2D eigenvalue weighted by molar-refractivity contribution is 5.78. The SMILES string of the molecule is CCC(CCN)CCC(=O)CC1CC2CCC1C2. The second kappa shape index (κ2) is 6.70. The average molecular weight is 251 g/mol. The molecule has 0 aromatic carbocycles. The normalized spacial score (nSPS) is 31.8. The number of fused-ring (bicyclic) bond motifs is 2. The van der Waals surface area contributed by atoms with E-state index in [1.807, 2.05) is 0 Å². The minimum absolute atomic E-state index is 0.517. The zero-order chi connectivity index (χ0) is 13.0. The van der Waals surface area contributed by atoms with Crippen molar-refractivity contribution in [3.8, 4) is 0 Å². The minimum Gasteiger partial charge on any atom is -0.330 e. The van der Waals surface area contributed by atoms with Gasteiger partial charge in [-0.1, -0.05) is 19.8 Å². The largest absolute Gasteiger partial charge is 0.330 e. The maximum absolute atomic E-state index is 12.1. The van der Waals surface area contributed by atoms with Crippen LogP contribution in [0, 0.1) is 23.7 Å². The van der Waals surface area contributed by atoms with Crippen LogP contribution in [0.3, 0.4) is 0 Å². The lowest BCUT2D eigenvalue weighted by Gasteiger charge is -2.21. The molecule has 104 valence electrons. The fourth-order valence-electron chi connectivity index (χ4n) is 4.17. The molecule has 0 radical (unpaired) electrons. The summed E-state index contributed by atoms with van der Waals surface area (Å²) in [7, 11) is 0. The summed E-state index contributed by atoms with van der Waals surface area (Å²) in [5, 5.41) is 0. The first-order valence-electron chi connectivity index (χ1n) is 7.94. The second-order valence-electron chi connectivity index (χ2n) is 6.57. The van der Waals surface area contributed by atoms with Gasteiger partial charge in [-0.3, -0.25) is 4.79 Å². The second-order valence-corrected chi connectivity index (χ2v) is 6.57. The van der Waals surface area contributed by atoms with E-state index in [0.29, 0.717) is 11.7 Å². The molecule has 4 atom stereocenters. The van der Waals surface area contributed by atoms with E-state index in [4.69, 9.17) is 5.73 Å². The zero-order valence-corrected chi connectivity index (χ0v) is 11.9. The molecule has 0 aliphatic heterocycles. The van der Waals surface area contributed by atoms with Crippen LogP contribution in [0.15, 0.2) is 0 Å². The molecular formula is C16H29NO. The van der Waals surface area contributed by atoms with E-state index in [1.165, 1.54) is 32.1 Å². The average Bonchev–Trinajstić information content (AvgIpc) is 2.96. The molecule has 2 bridgehead atoms. The Labute approximate surface area is 112 Å². The Morgan fingerprint density at radius 1 is 1.28 bits per heavy atom. The Morgan fingerprint density at radius 3 is 2.67 bits per heavy atom. The quantitative estimate of drug-likeness (QED) is 0.717. The van der Waals surface area contributed by atoms with Gasteiger partial charge in [0.15, 0.2) is 0 Å². The van der Waals surface area contributed by atoms with Gasteiger partial charge in [-0.15, -0.1) is 0 Å². The highest BCUT2D eigenvalue weighted by Gasteiger charge is 2.39. The molecule has 0 spiro atoms. The molecular weight excluding hydrogens is 222 g/mol. The van der Waals surface area contributed by atoms with Gasteiger partial charge in [0.2, 0.25) is 0 Å². The fourth-order valence-corrected chi connectivity index (χ4v) is 4.17. The number of hydrogen-bond donors (Lipinski definition) is 1. The summed E-state index contributed by atoms with van der Waals surface area (Å²) in [5.41, 5.74) is 5.60. The van der Waals surface area contributed by atoms with Crippen molar-refractivity contribution in [3.63, 3.8) is 0 Å². The molecule has 0 amide bonds. The van der Waals surface area contributed by atoms with Gasteiger partial charge in [0.05, 0.1) is 0 Å². The van der Waals surface area contributed by atoms with Crippen LogP contribution in [-0.2, 0) is 4.79 Å². The molecule has 2 aliphatic carbocycles. The third-order valence-electron chi connectivity index (χ3n) is 5.36. The Balaban J connectivity index is 1.66. The maximum atomic E-state index is 12.1. The van der Waals surface area contributed by atoms with E-state index < -0.39 is 0 Å². The summed E-state index contributed by atoms with van der Waals surface area (Å²) < 4.78 is 0. The molecule has 4 unspecified atom stereocenters. The summed E-state index contributed by atoms with van der Waals surface area (Å²) >= 11 is 0. The molecule has 2 saturated carbocycles. The first kappa shape index (κ1) is 14.0. The number of hydrogen-bond acceptors (Lipinski definition) is 2. The van der Waals surface area contributed by atoms with E-state index >= 15 is 0 Å². The van der Waals surface area contributed by atoms with Crippen LogP contribution in [0.5, 0.6) is 0 Å². The van der Waals surface area contributed by atoms with Crippen LogP contribution >= 0.6 is 0 Å².